The van der Waals surface area contributed by atoms with Crippen molar-refractivity contribution in [2.75, 3.05) is 0 Å². The van der Waals surface area contributed by atoms with E-state index in [1.807, 2.05) is 13.8 Å². The number of hydrogen-bond acceptors (Lipinski definition) is 4. The Morgan fingerprint density at radius 1 is 1.44 bits per heavy atom. The molecular formula is C11H21N3O3Si. The molecule has 1 aromatic rings. The third-order valence-corrected chi connectivity index (χ3v) is 4.05. The van der Waals surface area contributed by atoms with E-state index in [9.17, 15) is 4.79 Å². The van der Waals surface area contributed by atoms with Gasteiger partial charge in [0.25, 0.3) is 0 Å². The number of aromatic nitrogens is 3. The molecular weight excluding hydrogens is 250 g/mol. The third-order valence-electron chi connectivity index (χ3n) is 2.32. The van der Waals surface area contributed by atoms with E-state index < -0.39 is 21.3 Å². The number of carbonyl (C=O) groups is 1. The number of carboxylic acids is 1. The van der Waals surface area contributed by atoms with Crippen LogP contribution in [0.1, 0.15) is 40.3 Å². The van der Waals surface area contributed by atoms with Crippen molar-refractivity contribution in [1.82, 2.24) is 15.0 Å². The Morgan fingerprint density at radius 3 is 2.56 bits per heavy atom. The van der Waals surface area contributed by atoms with Crippen LogP contribution in [0.15, 0.2) is 6.20 Å². The van der Waals surface area contributed by atoms with Gasteiger partial charge in [0.2, 0.25) is 0 Å². The van der Waals surface area contributed by atoms with Crippen molar-refractivity contribution < 1.29 is 14.3 Å². The van der Waals surface area contributed by atoms with Crippen molar-refractivity contribution in [1.29, 1.82) is 0 Å². The molecule has 0 aliphatic heterocycles. The summed E-state index contributed by atoms with van der Waals surface area (Å²) in [6, 6.07) is 0. The largest absolute Gasteiger partial charge is 0.480 e. The maximum Gasteiger partial charge on any atom is 0.325 e. The van der Waals surface area contributed by atoms with Crippen LogP contribution >= 0.6 is 0 Å². The van der Waals surface area contributed by atoms with Gasteiger partial charge in [-0.2, -0.15) is 0 Å². The van der Waals surface area contributed by atoms with Gasteiger partial charge in [-0.05, 0) is 18.9 Å². The molecule has 0 aliphatic carbocycles. The summed E-state index contributed by atoms with van der Waals surface area (Å²) in [4.78, 5) is 10.6. The molecule has 0 bridgehead atoms. The highest BCUT2D eigenvalue weighted by molar-refractivity contribution is 6.31. The second-order valence-electron chi connectivity index (χ2n) is 6.05. The highest BCUT2D eigenvalue weighted by atomic mass is 28.2. The molecule has 1 aromatic heterocycles. The Balaban J connectivity index is 2.72. The van der Waals surface area contributed by atoms with E-state index >= 15 is 0 Å². The predicted octanol–water partition coefficient (Wildman–Crippen LogP) is 0.917. The van der Waals surface area contributed by atoms with E-state index in [0.717, 1.165) is 0 Å². The molecule has 6 nitrogen and oxygen atoms in total. The molecule has 102 valence electrons. The molecule has 0 aromatic carbocycles. The molecule has 0 spiro atoms. The lowest BCUT2D eigenvalue weighted by Crippen LogP contribution is -2.28. The summed E-state index contributed by atoms with van der Waals surface area (Å²) in [5, 5.41) is 16.7. The van der Waals surface area contributed by atoms with Gasteiger partial charge in [0.1, 0.15) is 12.2 Å². The first-order chi connectivity index (χ1) is 8.10. The van der Waals surface area contributed by atoms with E-state index in [2.05, 4.69) is 31.1 Å². The van der Waals surface area contributed by atoms with Crippen molar-refractivity contribution in [3.05, 3.63) is 11.9 Å². The molecule has 1 N–H and O–H groups in total. The van der Waals surface area contributed by atoms with Gasteiger partial charge in [-0.1, -0.05) is 26.0 Å². The summed E-state index contributed by atoms with van der Waals surface area (Å²) in [5.74, 6) is -0.936. The number of aliphatic carboxylic acids is 1. The summed E-state index contributed by atoms with van der Waals surface area (Å²) in [6.07, 6.45) is 1.63. The number of rotatable bonds is 5. The highest BCUT2D eigenvalue weighted by Crippen LogP contribution is 2.27. The number of nitrogens with zero attached hydrogens (tertiary/aromatic N) is 3. The SMILES string of the molecule is CC(C)(C)[SiH2]OC(C)(C)c1cn(CC(=O)O)nn1. The Kier molecular flexibility index (Phi) is 4.28. The van der Waals surface area contributed by atoms with E-state index in [4.69, 9.17) is 9.53 Å². The average Bonchev–Trinajstić information content (AvgIpc) is 2.62. The molecule has 0 fully saturated rings. The quantitative estimate of drug-likeness (QED) is 0.806. The molecule has 18 heavy (non-hydrogen) atoms. The number of hydrogen-bond donors (Lipinski definition) is 1. The maximum absolute atomic E-state index is 10.6. The predicted molar refractivity (Wildman–Crippen MR) is 70.0 cm³/mol. The maximum atomic E-state index is 10.6. The average molecular weight is 271 g/mol. The first kappa shape index (κ1) is 14.8. The van der Waals surface area contributed by atoms with Crippen molar-refractivity contribution in [2.45, 2.75) is 51.8 Å². The molecule has 0 unspecified atom stereocenters. The van der Waals surface area contributed by atoms with E-state index in [-0.39, 0.29) is 11.6 Å². The fourth-order valence-corrected chi connectivity index (χ4v) is 2.20. The lowest BCUT2D eigenvalue weighted by molar-refractivity contribution is -0.137. The minimum absolute atomic E-state index is 0.181. The van der Waals surface area contributed by atoms with Gasteiger partial charge in [-0.3, -0.25) is 4.79 Å². The zero-order valence-corrected chi connectivity index (χ0v) is 13.0. The van der Waals surface area contributed by atoms with Gasteiger partial charge in [0.15, 0.2) is 9.76 Å². The molecule has 0 saturated heterocycles. The normalized spacial score (nSPS) is 13.4. The minimum Gasteiger partial charge on any atom is -0.480 e. The van der Waals surface area contributed by atoms with Gasteiger partial charge in [0, 0.05) is 0 Å². The zero-order chi connectivity index (χ0) is 14.0. The van der Waals surface area contributed by atoms with Crippen molar-refractivity contribution in [3.63, 3.8) is 0 Å². The second kappa shape index (κ2) is 5.19. The van der Waals surface area contributed by atoms with Crippen LogP contribution in [0.4, 0.5) is 0 Å². The molecule has 0 radical (unpaired) electrons. The standard InChI is InChI=1S/C11H21N3O3Si/c1-10(2,3)18-17-11(4,5)8-6-14(13-12-8)7-9(15)16/h6H,7,18H2,1-5H3,(H,15,16). The molecule has 0 amide bonds. The Bertz CT molecular complexity index is 423. The lowest BCUT2D eigenvalue weighted by atomic mass is 10.1. The lowest BCUT2D eigenvalue weighted by Gasteiger charge is -2.28. The van der Waals surface area contributed by atoms with Crippen LogP contribution in [0.3, 0.4) is 0 Å². The van der Waals surface area contributed by atoms with Crippen molar-refractivity contribution in [2.24, 2.45) is 0 Å². The summed E-state index contributed by atoms with van der Waals surface area (Å²) in [7, 11) is -0.704. The highest BCUT2D eigenvalue weighted by Gasteiger charge is 2.27. The fraction of sp³-hybridized carbons (Fsp3) is 0.727. The monoisotopic (exact) mass is 271 g/mol. The summed E-state index contributed by atoms with van der Waals surface area (Å²) >= 11 is 0. The van der Waals surface area contributed by atoms with E-state index in [0.29, 0.717) is 5.69 Å². The minimum atomic E-state index is -0.936. The Hall–Kier alpha value is -1.21. The van der Waals surface area contributed by atoms with Crippen LogP contribution in [0.5, 0.6) is 0 Å². The second-order valence-corrected chi connectivity index (χ2v) is 8.75. The van der Waals surface area contributed by atoms with Gasteiger partial charge in [0.05, 0.1) is 11.8 Å². The fourth-order valence-electron chi connectivity index (χ4n) is 1.26. The van der Waals surface area contributed by atoms with Crippen LogP contribution in [0, 0.1) is 0 Å². The first-order valence-corrected chi connectivity index (χ1v) is 7.15. The van der Waals surface area contributed by atoms with Crippen LogP contribution in [0.2, 0.25) is 5.04 Å². The van der Waals surface area contributed by atoms with Crippen LogP contribution in [-0.4, -0.2) is 35.8 Å². The molecule has 0 aliphatic rings. The van der Waals surface area contributed by atoms with Gasteiger partial charge < -0.3 is 9.53 Å². The molecule has 1 heterocycles. The molecule has 1 rings (SSSR count). The zero-order valence-electron chi connectivity index (χ0n) is 11.6. The summed E-state index contributed by atoms with van der Waals surface area (Å²) in [5.41, 5.74) is 0.150. The van der Waals surface area contributed by atoms with Gasteiger partial charge >= 0.3 is 5.97 Å². The van der Waals surface area contributed by atoms with E-state index in [1.54, 1.807) is 6.20 Å². The molecule has 7 heteroatoms. The van der Waals surface area contributed by atoms with Crippen molar-refractivity contribution in [3.8, 4) is 0 Å². The van der Waals surface area contributed by atoms with Gasteiger partial charge in [-0.25, -0.2) is 4.68 Å². The molecule has 0 saturated carbocycles. The Labute approximate surface area is 109 Å². The van der Waals surface area contributed by atoms with Crippen LogP contribution in [-0.2, 0) is 21.4 Å². The van der Waals surface area contributed by atoms with Crippen LogP contribution < -0.4 is 0 Å². The summed E-state index contributed by atoms with van der Waals surface area (Å²) < 4.78 is 7.28. The summed E-state index contributed by atoms with van der Waals surface area (Å²) in [6.45, 7) is 10.1. The van der Waals surface area contributed by atoms with Gasteiger partial charge in [-0.15, -0.1) is 5.10 Å². The first-order valence-electron chi connectivity index (χ1n) is 5.86. The number of carboxylic acid groups (broad SMARTS) is 1. The molecule has 0 atom stereocenters. The van der Waals surface area contributed by atoms with Crippen LogP contribution in [0.25, 0.3) is 0 Å². The van der Waals surface area contributed by atoms with Crippen molar-refractivity contribution >= 4 is 15.7 Å². The third kappa shape index (κ3) is 4.57. The topological polar surface area (TPSA) is 77.2 Å². The van der Waals surface area contributed by atoms with E-state index in [1.165, 1.54) is 4.68 Å². The Morgan fingerprint density at radius 2 is 2.06 bits per heavy atom. The smallest absolute Gasteiger partial charge is 0.325 e.